The molecule has 2 amide bonds. The zero-order chi connectivity index (χ0) is 19.6. The van der Waals surface area contributed by atoms with Gasteiger partial charge in [-0.25, -0.2) is 4.79 Å². The number of nitrogen functional groups attached to an aromatic ring is 1. The smallest absolute Gasteiger partial charge is 0.340 e. The van der Waals surface area contributed by atoms with Crippen LogP contribution in [0.15, 0.2) is 42.5 Å². The second-order valence-electron chi connectivity index (χ2n) is 6.09. The highest BCUT2D eigenvalue weighted by atomic mass is 16.5. The van der Waals surface area contributed by atoms with E-state index in [4.69, 9.17) is 20.9 Å². The van der Waals surface area contributed by atoms with Crippen LogP contribution >= 0.6 is 0 Å². The topological polar surface area (TPSA) is 125 Å². The summed E-state index contributed by atoms with van der Waals surface area (Å²) >= 11 is 0. The maximum absolute atomic E-state index is 12.6. The second-order valence-corrected chi connectivity index (χ2v) is 6.09. The van der Waals surface area contributed by atoms with Gasteiger partial charge in [0.25, 0.3) is 11.8 Å². The monoisotopic (exact) mass is 369 g/mol. The van der Waals surface area contributed by atoms with Gasteiger partial charge in [-0.3, -0.25) is 9.59 Å². The highest BCUT2D eigenvalue weighted by molar-refractivity contribution is 6.01. The molecule has 0 aromatic heterocycles. The summed E-state index contributed by atoms with van der Waals surface area (Å²) in [6.07, 6.45) is -0.980. The number of primary amides is 1. The van der Waals surface area contributed by atoms with Gasteiger partial charge in [-0.2, -0.15) is 0 Å². The van der Waals surface area contributed by atoms with Crippen molar-refractivity contribution in [1.29, 1.82) is 0 Å². The van der Waals surface area contributed by atoms with Crippen LogP contribution in [0.2, 0.25) is 0 Å². The normalized spacial score (nSPS) is 15.4. The first-order valence-electron chi connectivity index (χ1n) is 8.26. The number of rotatable bonds is 4. The summed E-state index contributed by atoms with van der Waals surface area (Å²) in [5.41, 5.74) is 12.9. The Labute approximate surface area is 155 Å². The Bertz CT molecular complexity index is 912. The Morgan fingerprint density at radius 2 is 1.93 bits per heavy atom. The predicted octanol–water partition coefficient (Wildman–Crippen LogP) is 1.01. The number of nitrogens with zero attached hydrogens (tertiary/aromatic N) is 1. The largest absolute Gasteiger partial charge is 0.477 e. The van der Waals surface area contributed by atoms with Crippen molar-refractivity contribution in [1.82, 2.24) is 0 Å². The highest BCUT2D eigenvalue weighted by Gasteiger charge is 2.33. The third kappa shape index (κ3) is 3.69. The van der Waals surface area contributed by atoms with Crippen molar-refractivity contribution in [3.05, 3.63) is 53.6 Å². The van der Waals surface area contributed by atoms with Gasteiger partial charge >= 0.3 is 5.97 Å². The Balaban J connectivity index is 1.74. The second kappa shape index (κ2) is 7.36. The van der Waals surface area contributed by atoms with E-state index in [0.29, 0.717) is 17.1 Å². The first kappa shape index (κ1) is 18.2. The molecule has 0 radical (unpaired) electrons. The maximum Gasteiger partial charge on any atom is 0.340 e. The fourth-order valence-electron chi connectivity index (χ4n) is 2.76. The minimum atomic E-state index is -0.980. The lowest BCUT2D eigenvalue weighted by Gasteiger charge is -2.33. The van der Waals surface area contributed by atoms with E-state index in [1.165, 1.54) is 11.0 Å². The van der Waals surface area contributed by atoms with Crippen molar-refractivity contribution >= 4 is 29.2 Å². The number of carbonyl (C=O) groups excluding carboxylic acids is 3. The molecule has 0 spiro atoms. The summed E-state index contributed by atoms with van der Waals surface area (Å²) in [4.78, 5) is 37.7. The Kier molecular flexibility index (Phi) is 4.98. The van der Waals surface area contributed by atoms with E-state index >= 15 is 0 Å². The number of fused-ring (bicyclic) bond motifs is 1. The van der Waals surface area contributed by atoms with Crippen molar-refractivity contribution in [3.8, 4) is 5.75 Å². The van der Waals surface area contributed by atoms with Gasteiger partial charge < -0.3 is 25.8 Å². The van der Waals surface area contributed by atoms with Gasteiger partial charge in [0.2, 0.25) is 0 Å². The van der Waals surface area contributed by atoms with Crippen molar-refractivity contribution in [3.63, 3.8) is 0 Å². The van der Waals surface area contributed by atoms with Crippen LogP contribution in [0.5, 0.6) is 5.75 Å². The zero-order valence-corrected chi connectivity index (χ0v) is 14.7. The van der Waals surface area contributed by atoms with Gasteiger partial charge in [0, 0.05) is 5.69 Å². The van der Waals surface area contributed by atoms with Gasteiger partial charge in [0.1, 0.15) is 5.75 Å². The summed E-state index contributed by atoms with van der Waals surface area (Å²) in [5.74, 6) is -1.53. The number of carbonyl (C=O) groups is 3. The summed E-state index contributed by atoms with van der Waals surface area (Å²) in [7, 11) is 0. The van der Waals surface area contributed by atoms with Gasteiger partial charge in [0.05, 0.1) is 17.8 Å². The van der Waals surface area contributed by atoms with Crippen molar-refractivity contribution in [2.45, 2.75) is 13.0 Å². The number of aryl methyl sites for hydroxylation is 1. The number of ether oxygens (including phenoxy) is 2. The first-order chi connectivity index (χ1) is 12.9. The number of benzene rings is 2. The van der Waals surface area contributed by atoms with Crippen LogP contribution in [0.3, 0.4) is 0 Å². The third-order valence-electron chi connectivity index (χ3n) is 4.26. The molecule has 0 unspecified atom stereocenters. The van der Waals surface area contributed by atoms with Crippen LogP contribution in [-0.2, 0) is 14.3 Å². The molecule has 3 rings (SSSR count). The fourth-order valence-corrected chi connectivity index (χ4v) is 2.76. The van der Waals surface area contributed by atoms with Crippen LogP contribution < -0.4 is 21.1 Å². The van der Waals surface area contributed by atoms with Crippen LogP contribution in [0.4, 0.5) is 11.4 Å². The summed E-state index contributed by atoms with van der Waals surface area (Å²) < 4.78 is 10.6. The molecule has 2 aromatic rings. The summed E-state index contributed by atoms with van der Waals surface area (Å²) in [6.45, 7) is 1.20. The van der Waals surface area contributed by atoms with E-state index in [1.54, 1.807) is 43.3 Å². The molecule has 0 bridgehead atoms. The van der Waals surface area contributed by atoms with Crippen molar-refractivity contribution in [2.75, 3.05) is 23.8 Å². The molecule has 2 aromatic carbocycles. The van der Waals surface area contributed by atoms with E-state index in [2.05, 4.69) is 0 Å². The zero-order valence-electron chi connectivity index (χ0n) is 14.7. The molecule has 140 valence electrons. The van der Waals surface area contributed by atoms with Crippen LogP contribution in [0.1, 0.15) is 15.9 Å². The van der Waals surface area contributed by atoms with Crippen LogP contribution in [0.25, 0.3) is 0 Å². The molecule has 0 saturated heterocycles. The SMILES string of the molecule is Cc1cccc(C(=O)OCC(=O)N2C[C@@H](C(N)=O)Oc3ccccc32)c1N. The number of amides is 2. The molecular formula is C19H19N3O5. The molecule has 1 aliphatic rings. The average molecular weight is 369 g/mol. The van der Waals surface area contributed by atoms with E-state index in [-0.39, 0.29) is 12.1 Å². The van der Waals surface area contributed by atoms with Crippen molar-refractivity contribution in [2.24, 2.45) is 5.73 Å². The van der Waals surface area contributed by atoms with Crippen LogP contribution in [-0.4, -0.2) is 37.0 Å². The minimum Gasteiger partial charge on any atom is -0.477 e. The van der Waals surface area contributed by atoms with E-state index in [1.807, 2.05) is 0 Å². The quantitative estimate of drug-likeness (QED) is 0.612. The Morgan fingerprint density at radius 1 is 1.19 bits per heavy atom. The molecule has 8 nitrogen and oxygen atoms in total. The number of hydrogen-bond acceptors (Lipinski definition) is 6. The molecule has 0 fully saturated rings. The average Bonchev–Trinajstić information content (AvgIpc) is 2.67. The van der Waals surface area contributed by atoms with E-state index < -0.39 is 30.5 Å². The molecular weight excluding hydrogens is 350 g/mol. The van der Waals surface area contributed by atoms with E-state index in [0.717, 1.165) is 5.56 Å². The first-order valence-corrected chi connectivity index (χ1v) is 8.26. The molecule has 0 saturated carbocycles. The third-order valence-corrected chi connectivity index (χ3v) is 4.26. The van der Waals surface area contributed by atoms with E-state index in [9.17, 15) is 14.4 Å². The molecule has 1 heterocycles. The van der Waals surface area contributed by atoms with Crippen LogP contribution in [0, 0.1) is 6.92 Å². The number of anilines is 2. The van der Waals surface area contributed by atoms with Gasteiger partial charge in [-0.05, 0) is 30.7 Å². The summed E-state index contributed by atoms with van der Waals surface area (Å²) in [6, 6.07) is 11.7. The molecule has 27 heavy (non-hydrogen) atoms. The fraction of sp³-hybridized carbons (Fsp3) is 0.211. The number of hydrogen-bond donors (Lipinski definition) is 2. The van der Waals surface area contributed by atoms with Gasteiger partial charge in [-0.1, -0.05) is 24.3 Å². The lowest BCUT2D eigenvalue weighted by molar-refractivity contribution is -0.126. The molecule has 8 heteroatoms. The standard InChI is InChI=1S/C19H19N3O5/c1-11-5-4-6-12(17(11)20)19(25)26-10-16(23)22-9-15(18(21)24)27-14-8-3-2-7-13(14)22/h2-8,15H,9-10,20H2,1H3,(H2,21,24)/t15-/m0/s1. The maximum atomic E-state index is 12.6. The molecule has 1 atom stereocenters. The Morgan fingerprint density at radius 3 is 2.67 bits per heavy atom. The predicted molar refractivity (Wildman–Crippen MR) is 98.3 cm³/mol. The molecule has 0 aliphatic carbocycles. The Hall–Kier alpha value is -3.55. The minimum absolute atomic E-state index is 0.0602. The summed E-state index contributed by atoms with van der Waals surface area (Å²) in [5, 5.41) is 0. The number of para-hydroxylation sites is 3. The molecule has 4 N–H and O–H groups in total. The van der Waals surface area contributed by atoms with Gasteiger partial charge in [0.15, 0.2) is 12.7 Å². The lowest BCUT2D eigenvalue weighted by atomic mass is 10.1. The highest BCUT2D eigenvalue weighted by Crippen LogP contribution is 2.33. The number of esters is 1. The van der Waals surface area contributed by atoms with Crippen molar-refractivity contribution < 1.29 is 23.9 Å². The molecule has 1 aliphatic heterocycles. The lowest BCUT2D eigenvalue weighted by Crippen LogP contribution is -2.50. The number of nitrogens with two attached hydrogens (primary N) is 2. The van der Waals surface area contributed by atoms with Gasteiger partial charge in [-0.15, -0.1) is 0 Å².